The Morgan fingerprint density at radius 1 is 1.31 bits per heavy atom. The van der Waals surface area contributed by atoms with Gasteiger partial charge in [0.25, 0.3) is 0 Å². The second-order valence-corrected chi connectivity index (χ2v) is 5.37. The molecule has 0 spiro atoms. The topological polar surface area (TPSA) is 49.7 Å². The van der Waals surface area contributed by atoms with E-state index in [-0.39, 0.29) is 12.7 Å². The lowest BCUT2D eigenvalue weighted by atomic mass is 9.72. The van der Waals surface area contributed by atoms with Gasteiger partial charge in [-0.1, -0.05) is 33.6 Å². The predicted molar refractivity (Wildman–Crippen MR) is 63.9 cm³/mol. The van der Waals surface area contributed by atoms with Crippen molar-refractivity contribution in [1.82, 2.24) is 0 Å². The van der Waals surface area contributed by atoms with Gasteiger partial charge in [0, 0.05) is 13.0 Å². The Morgan fingerprint density at radius 2 is 2.00 bits per heavy atom. The number of aliphatic hydroxyl groups excluding tert-OH is 2. The minimum atomic E-state index is -0.804. The highest BCUT2D eigenvalue weighted by atomic mass is 16.6. The van der Waals surface area contributed by atoms with Gasteiger partial charge < -0.3 is 14.9 Å². The van der Waals surface area contributed by atoms with Crippen molar-refractivity contribution in [2.45, 2.75) is 58.8 Å². The van der Waals surface area contributed by atoms with Gasteiger partial charge in [-0.3, -0.25) is 0 Å². The minimum Gasteiger partial charge on any atom is -0.396 e. The standard InChI is InChI=1S/C13H26O3/c1-9(2)13-10(3)5-4-6-11(13)16-12(15)7-8-14/h9-15H,4-8H2,1-3H3. The van der Waals surface area contributed by atoms with Gasteiger partial charge in [0.05, 0.1) is 6.10 Å². The average Bonchev–Trinajstić information content (AvgIpc) is 2.17. The molecule has 0 aromatic heterocycles. The smallest absolute Gasteiger partial charge is 0.157 e. The van der Waals surface area contributed by atoms with E-state index in [1.807, 2.05) is 0 Å². The number of hydrogen-bond acceptors (Lipinski definition) is 3. The summed E-state index contributed by atoms with van der Waals surface area (Å²) in [7, 11) is 0. The maximum atomic E-state index is 9.61. The zero-order valence-corrected chi connectivity index (χ0v) is 10.7. The second-order valence-electron chi connectivity index (χ2n) is 5.37. The van der Waals surface area contributed by atoms with Crippen molar-refractivity contribution in [2.75, 3.05) is 6.61 Å². The third kappa shape index (κ3) is 3.72. The molecule has 16 heavy (non-hydrogen) atoms. The first-order chi connectivity index (χ1) is 7.56. The molecule has 1 saturated carbocycles. The fraction of sp³-hybridized carbons (Fsp3) is 1.00. The molecule has 0 bridgehead atoms. The molecular formula is C13H26O3. The minimum absolute atomic E-state index is 0.0181. The SMILES string of the molecule is CC(C)C1C(C)CCCC1OC(O)CCO. The van der Waals surface area contributed by atoms with Crippen molar-refractivity contribution < 1.29 is 14.9 Å². The number of ether oxygens (including phenoxy) is 1. The monoisotopic (exact) mass is 230 g/mol. The summed E-state index contributed by atoms with van der Waals surface area (Å²) in [6.45, 7) is 6.71. The second kappa shape index (κ2) is 6.58. The molecule has 0 heterocycles. The fourth-order valence-corrected chi connectivity index (χ4v) is 3.02. The number of aliphatic hydroxyl groups is 2. The first-order valence-corrected chi connectivity index (χ1v) is 6.50. The van der Waals surface area contributed by atoms with E-state index in [1.165, 1.54) is 12.8 Å². The zero-order valence-electron chi connectivity index (χ0n) is 10.7. The molecule has 1 aliphatic rings. The van der Waals surface area contributed by atoms with Crippen LogP contribution in [-0.2, 0) is 4.74 Å². The molecule has 0 amide bonds. The summed E-state index contributed by atoms with van der Waals surface area (Å²) in [5.74, 6) is 1.78. The van der Waals surface area contributed by atoms with Crippen LogP contribution < -0.4 is 0 Å². The molecular weight excluding hydrogens is 204 g/mol. The van der Waals surface area contributed by atoms with E-state index in [0.717, 1.165) is 6.42 Å². The average molecular weight is 230 g/mol. The third-order valence-electron chi connectivity index (χ3n) is 3.71. The first-order valence-electron chi connectivity index (χ1n) is 6.50. The molecule has 4 atom stereocenters. The Morgan fingerprint density at radius 3 is 2.56 bits per heavy atom. The molecule has 4 unspecified atom stereocenters. The van der Waals surface area contributed by atoms with Gasteiger partial charge in [-0.05, 0) is 24.2 Å². The summed E-state index contributed by atoms with van der Waals surface area (Å²) in [6.07, 6.45) is 3.15. The lowest BCUT2D eigenvalue weighted by Crippen LogP contribution is -2.39. The van der Waals surface area contributed by atoms with Gasteiger partial charge in [0.2, 0.25) is 0 Å². The summed E-state index contributed by atoms with van der Waals surface area (Å²) >= 11 is 0. The van der Waals surface area contributed by atoms with Crippen LogP contribution in [0.15, 0.2) is 0 Å². The Hall–Kier alpha value is -0.120. The molecule has 1 rings (SSSR count). The van der Waals surface area contributed by atoms with Gasteiger partial charge in [-0.25, -0.2) is 0 Å². The van der Waals surface area contributed by atoms with Crippen LogP contribution in [0.5, 0.6) is 0 Å². The molecule has 0 aliphatic heterocycles. The summed E-state index contributed by atoms with van der Waals surface area (Å²) in [6, 6.07) is 0. The molecule has 2 N–H and O–H groups in total. The summed E-state index contributed by atoms with van der Waals surface area (Å²) in [4.78, 5) is 0. The molecule has 1 fully saturated rings. The van der Waals surface area contributed by atoms with Crippen molar-refractivity contribution in [2.24, 2.45) is 17.8 Å². The molecule has 3 nitrogen and oxygen atoms in total. The van der Waals surface area contributed by atoms with Crippen molar-refractivity contribution in [1.29, 1.82) is 0 Å². The van der Waals surface area contributed by atoms with E-state index in [9.17, 15) is 5.11 Å². The van der Waals surface area contributed by atoms with E-state index in [2.05, 4.69) is 20.8 Å². The van der Waals surface area contributed by atoms with E-state index < -0.39 is 6.29 Å². The van der Waals surface area contributed by atoms with Crippen LogP contribution >= 0.6 is 0 Å². The summed E-state index contributed by atoms with van der Waals surface area (Å²) in [5.41, 5.74) is 0. The summed E-state index contributed by atoms with van der Waals surface area (Å²) < 4.78 is 5.67. The maximum absolute atomic E-state index is 9.61. The van der Waals surface area contributed by atoms with Gasteiger partial charge in [0.1, 0.15) is 0 Å². The van der Waals surface area contributed by atoms with E-state index in [0.29, 0.717) is 24.2 Å². The first kappa shape index (κ1) is 13.9. The van der Waals surface area contributed by atoms with Gasteiger partial charge in [-0.2, -0.15) is 0 Å². The van der Waals surface area contributed by atoms with Crippen LogP contribution in [0.2, 0.25) is 0 Å². The van der Waals surface area contributed by atoms with E-state index in [1.54, 1.807) is 0 Å². The normalized spacial score (nSPS) is 33.0. The Kier molecular flexibility index (Phi) is 5.73. The predicted octanol–water partition coefficient (Wildman–Crippen LogP) is 2.16. The Labute approximate surface area is 98.8 Å². The van der Waals surface area contributed by atoms with Crippen LogP contribution in [0, 0.1) is 17.8 Å². The molecule has 96 valence electrons. The maximum Gasteiger partial charge on any atom is 0.157 e. The van der Waals surface area contributed by atoms with Crippen LogP contribution in [0.25, 0.3) is 0 Å². The lowest BCUT2D eigenvalue weighted by molar-refractivity contribution is -0.176. The quantitative estimate of drug-likeness (QED) is 0.712. The highest BCUT2D eigenvalue weighted by Gasteiger charge is 2.34. The van der Waals surface area contributed by atoms with Gasteiger partial charge in [-0.15, -0.1) is 0 Å². The molecule has 0 aromatic carbocycles. The van der Waals surface area contributed by atoms with Crippen molar-refractivity contribution in [3.63, 3.8) is 0 Å². The van der Waals surface area contributed by atoms with E-state index >= 15 is 0 Å². The summed E-state index contributed by atoms with van der Waals surface area (Å²) in [5, 5.41) is 18.4. The Balaban J connectivity index is 2.54. The Bertz CT molecular complexity index is 194. The van der Waals surface area contributed by atoms with Crippen LogP contribution in [0.4, 0.5) is 0 Å². The third-order valence-corrected chi connectivity index (χ3v) is 3.71. The zero-order chi connectivity index (χ0) is 12.1. The number of hydrogen-bond donors (Lipinski definition) is 2. The molecule has 0 saturated heterocycles. The van der Waals surface area contributed by atoms with Crippen LogP contribution in [0.1, 0.15) is 46.5 Å². The lowest BCUT2D eigenvalue weighted by Gasteiger charge is -2.39. The largest absolute Gasteiger partial charge is 0.396 e. The molecule has 0 radical (unpaired) electrons. The molecule has 0 aromatic rings. The number of rotatable bonds is 5. The molecule has 1 aliphatic carbocycles. The van der Waals surface area contributed by atoms with Crippen LogP contribution in [0.3, 0.4) is 0 Å². The highest BCUT2D eigenvalue weighted by molar-refractivity contribution is 4.83. The van der Waals surface area contributed by atoms with Crippen molar-refractivity contribution in [3.8, 4) is 0 Å². The van der Waals surface area contributed by atoms with Crippen LogP contribution in [-0.4, -0.2) is 29.2 Å². The highest BCUT2D eigenvalue weighted by Crippen LogP contribution is 2.37. The van der Waals surface area contributed by atoms with Gasteiger partial charge >= 0.3 is 0 Å². The fourth-order valence-electron chi connectivity index (χ4n) is 3.02. The van der Waals surface area contributed by atoms with Crippen molar-refractivity contribution >= 4 is 0 Å². The van der Waals surface area contributed by atoms with Gasteiger partial charge in [0.15, 0.2) is 6.29 Å². The van der Waals surface area contributed by atoms with E-state index in [4.69, 9.17) is 9.84 Å². The molecule has 3 heteroatoms. The van der Waals surface area contributed by atoms with Crippen molar-refractivity contribution in [3.05, 3.63) is 0 Å².